The van der Waals surface area contributed by atoms with Crippen LogP contribution in [0.15, 0.2) is 71.1 Å². The molecular formula is C22H17N3O3. The zero-order chi connectivity index (χ0) is 19.8. The van der Waals surface area contributed by atoms with E-state index >= 15 is 0 Å². The van der Waals surface area contributed by atoms with E-state index < -0.39 is 0 Å². The lowest BCUT2D eigenvalue weighted by molar-refractivity contribution is 0.0729. The number of rotatable bonds is 7. The fourth-order valence-electron chi connectivity index (χ4n) is 2.65. The lowest BCUT2D eigenvalue weighted by Crippen LogP contribution is -2.30. The minimum atomic E-state index is -0.367. The summed E-state index contributed by atoms with van der Waals surface area (Å²) in [5.74, 6) is 0.671. The molecule has 0 N–H and O–H groups in total. The van der Waals surface area contributed by atoms with E-state index in [0.717, 1.165) is 5.56 Å². The average molecular weight is 371 g/mol. The van der Waals surface area contributed by atoms with Gasteiger partial charge in [0, 0.05) is 6.54 Å². The normalized spacial score (nSPS) is 9.93. The maximum absolute atomic E-state index is 12.7. The molecule has 2 aromatic carbocycles. The Balaban J connectivity index is 1.68. The Bertz CT molecular complexity index is 1030. The first-order chi connectivity index (χ1) is 13.7. The fourth-order valence-corrected chi connectivity index (χ4v) is 2.65. The van der Waals surface area contributed by atoms with E-state index in [1.807, 2.05) is 36.4 Å². The lowest BCUT2D eigenvalue weighted by atomic mass is 10.2. The summed E-state index contributed by atoms with van der Waals surface area (Å²) in [5, 5.41) is 18.1. The molecule has 1 amide bonds. The summed E-state index contributed by atoms with van der Waals surface area (Å²) in [5.41, 5.74) is 1.35. The molecule has 0 atom stereocenters. The number of para-hydroxylation sites is 1. The Morgan fingerprint density at radius 2 is 1.75 bits per heavy atom. The third-order valence-corrected chi connectivity index (χ3v) is 4.01. The number of benzene rings is 2. The summed E-state index contributed by atoms with van der Waals surface area (Å²) in [6.45, 7) is 0.355. The van der Waals surface area contributed by atoms with Crippen molar-refractivity contribution in [2.75, 3.05) is 6.54 Å². The Morgan fingerprint density at radius 1 is 1.00 bits per heavy atom. The Kier molecular flexibility index (Phi) is 6.07. The first kappa shape index (κ1) is 18.8. The molecule has 0 aliphatic carbocycles. The third kappa shape index (κ3) is 4.57. The van der Waals surface area contributed by atoms with E-state index in [1.165, 1.54) is 4.90 Å². The van der Waals surface area contributed by atoms with Gasteiger partial charge in [-0.25, -0.2) is 0 Å². The first-order valence-corrected chi connectivity index (χ1v) is 8.62. The second-order valence-electron chi connectivity index (χ2n) is 5.97. The molecule has 0 radical (unpaired) electrons. The van der Waals surface area contributed by atoms with Gasteiger partial charge in [0.2, 0.25) is 0 Å². The van der Waals surface area contributed by atoms with Crippen molar-refractivity contribution >= 4 is 5.91 Å². The zero-order valence-corrected chi connectivity index (χ0v) is 15.0. The Morgan fingerprint density at radius 3 is 2.50 bits per heavy atom. The second-order valence-corrected chi connectivity index (χ2v) is 5.97. The largest absolute Gasteiger partial charge is 0.484 e. The summed E-state index contributed by atoms with van der Waals surface area (Å²) in [4.78, 5) is 14.1. The quantitative estimate of drug-likeness (QED) is 0.588. The molecule has 6 nitrogen and oxygen atoms in total. The molecule has 0 bridgehead atoms. The molecule has 0 unspecified atom stereocenters. The number of hydrogen-bond donors (Lipinski definition) is 0. The molecule has 0 fully saturated rings. The summed E-state index contributed by atoms with van der Waals surface area (Å²) in [6.07, 6.45) is 0. The van der Waals surface area contributed by atoms with Crippen LogP contribution in [0.5, 0.6) is 5.75 Å². The van der Waals surface area contributed by atoms with Gasteiger partial charge in [-0.3, -0.25) is 4.79 Å². The van der Waals surface area contributed by atoms with E-state index in [2.05, 4.69) is 6.07 Å². The van der Waals surface area contributed by atoms with Crippen LogP contribution in [-0.4, -0.2) is 17.4 Å². The summed E-state index contributed by atoms with van der Waals surface area (Å²) in [6, 6.07) is 23.6. The van der Waals surface area contributed by atoms with Crippen LogP contribution in [0.4, 0.5) is 0 Å². The number of furan rings is 1. The van der Waals surface area contributed by atoms with Gasteiger partial charge in [0.1, 0.15) is 30.7 Å². The molecule has 138 valence electrons. The smallest absolute Gasteiger partial charge is 0.290 e. The number of amides is 1. The minimum Gasteiger partial charge on any atom is -0.484 e. The van der Waals surface area contributed by atoms with Crippen molar-refractivity contribution in [3.05, 3.63) is 89.4 Å². The molecule has 0 aliphatic rings. The van der Waals surface area contributed by atoms with E-state index in [-0.39, 0.29) is 24.8 Å². The van der Waals surface area contributed by atoms with Crippen molar-refractivity contribution in [1.29, 1.82) is 10.5 Å². The van der Waals surface area contributed by atoms with Gasteiger partial charge in [-0.2, -0.15) is 10.5 Å². The van der Waals surface area contributed by atoms with Crippen molar-refractivity contribution < 1.29 is 13.9 Å². The monoisotopic (exact) mass is 371 g/mol. The van der Waals surface area contributed by atoms with E-state index in [1.54, 1.807) is 36.4 Å². The molecular weight excluding hydrogens is 354 g/mol. The van der Waals surface area contributed by atoms with Gasteiger partial charge in [-0.05, 0) is 29.8 Å². The van der Waals surface area contributed by atoms with E-state index in [9.17, 15) is 4.79 Å². The maximum Gasteiger partial charge on any atom is 0.290 e. The van der Waals surface area contributed by atoms with E-state index in [0.29, 0.717) is 23.6 Å². The zero-order valence-electron chi connectivity index (χ0n) is 15.0. The highest BCUT2D eigenvalue weighted by Crippen LogP contribution is 2.19. The van der Waals surface area contributed by atoms with Crippen molar-refractivity contribution in [2.24, 2.45) is 0 Å². The minimum absolute atomic E-state index is 0.0458. The number of hydrogen-bond acceptors (Lipinski definition) is 5. The van der Waals surface area contributed by atoms with Crippen LogP contribution in [0, 0.1) is 22.7 Å². The maximum atomic E-state index is 12.7. The van der Waals surface area contributed by atoms with Gasteiger partial charge in [0.25, 0.3) is 5.91 Å². The van der Waals surface area contributed by atoms with Crippen LogP contribution in [0.2, 0.25) is 0 Å². The summed E-state index contributed by atoms with van der Waals surface area (Å²) >= 11 is 0. The molecule has 6 heteroatoms. The number of carbonyl (C=O) groups excluding carboxylic acids is 1. The van der Waals surface area contributed by atoms with Gasteiger partial charge >= 0.3 is 0 Å². The predicted octanol–water partition coefficient (Wildman–Crippen LogP) is 3.90. The molecule has 1 aromatic heterocycles. The third-order valence-electron chi connectivity index (χ3n) is 4.01. The molecule has 3 rings (SSSR count). The van der Waals surface area contributed by atoms with Crippen molar-refractivity contribution in [1.82, 2.24) is 4.90 Å². The van der Waals surface area contributed by atoms with Gasteiger partial charge in [-0.15, -0.1) is 0 Å². The van der Waals surface area contributed by atoms with Crippen molar-refractivity contribution in [3.8, 4) is 17.9 Å². The predicted molar refractivity (Wildman–Crippen MR) is 101 cm³/mol. The standard InChI is InChI=1S/C22H17N3O3/c23-12-13-25(15-17-6-2-1-3-7-17)22(26)21-11-10-19(28-21)16-27-20-9-5-4-8-18(20)14-24/h1-11H,13,15-16H2. The fraction of sp³-hybridized carbons (Fsp3) is 0.136. The molecule has 1 heterocycles. The molecule has 0 saturated heterocycles. The number of nitrogens with zero attached hydrogens (tertiary/aromatic N) is 3. The first-order valence-electron chi connectivity index (χ1n) is 8.62. The highest BCUT2D eigenvalue weighted by molar-refractivity contribution is 5.91. The number of ether oxygens (including phenoxy) is 1. The van der Waals surface area contributed by atoms with Crippen LogP contribution in [0.25, 0.3) is 0 Å². The van der Waals surface area contributed by atoms with Crippen LogP contribution in [-0.2, 0) is 13.2 Å². The number of carbonyl (C=O) groups is 1. The molecule has 0 spiro atoms. The topological polar surface area (TPSA) is 90.3 Å². The van der Waals surface area contributed by atoms with Crippen LogP contribution in [0.1, 0.15) is 27.4 Å². The summed E-state index contributed by atoms with van der Waals surface area (Å²) < 4.78 is 11.2. The molecule has 0 saturated carbocycles. The molecule has 28 heavy (non-hydrogen) atoms. The Labute approximate surface area is 162 Å². The highest BCUT2D eigenvalue weighted by atomic mass is 16.5. The lowest BCUT2D eigenvalue weighted by Gasteiger charge is -2.18. The van der Waals surface area contributed by atoms with Gasteiger partial charge in [0.15, 0.2) is 5.76 Å². The second kappa shape index (κ2) is 9.07. The van der Waals surface area contributed by atoms with Crippen LogP contribution >= 0.6 is 0 Å². The van der Waals surface area contributed by atoms with Crippen molar-refractivity contribution in [3.63, 3.8) is 0 Å². The van der Waals surface area contributed by atoms with Gasteiger partial charge in [0.05, 0.1) is 11.6 Å². The molecule has 0 aliphatic heterocycles. The number of nitriles is 2. The highest BCUT2D eigenvalue weighted by Gasteiger charge is 2.20. The Hall–Kier alpha value is -4.03. The SMILES string of the molecule is N#CCN(Cc1ccccc1)C(=O)c1ccc(COc2ccccc2C#N)o1. The van der Waals surface area contributed by atoms with Crippen LogP contribution < -0.4 is 4.74 Å². The van der Waals surface area contributed by atoms with Crippen LogP contribution in [0.3, 0.4) is 0 Å². The van der Waals surface area contributed by atoms with Gasteiger partial charge < -0.3 is 14.1 Å². The van der Waals surface area contributed by atoms with Crippen molar-refractivity contribution in [2.45, 2.75) is 13.2 Å². The van der Waals surface area contributed by atoms with Gasteiger partial charge in [-0.1, -0.05) is 42.5 Å². The van der Waals surface area contributed by atoms with E-state index in [4.69, 9.17) is 19.7 Å². The summed E-state index contributed by atoms with van der Waals surface area (Å²) in [7, 11) is 0. The average Bonchev–Trinajstić information content (AvgIpc) is 3.21. The molecule has 3 aromatic rings.